The van der Waals surface area contributed by atoms with Crippen LogP contribution >= 0.6 is 35.0 Å². The summed E-state index contributed by atoms with van der Waals surface area (Å²) in [6.07, 6.45) is 1.04. The second-order valence-corrected chi connectivity index (χ2v) is 6.98. The lowest BCUT2D eigenvalue weighted by Crippen LogP contribution is -2.24. The van der Waals surface area contributed by atoms with Crippen molar-refractivity contribution in [2.24, 2.45) is 0 Å². The lowest BCUT2D eigenvalue weighted by atomic mass is 10.0. The van der Waals surface area contributed by atoms with Gasteiger partial charge in [0.2, 0.25) is 0 Å². The minimum Gasteiger partial charge on any atom is -0.506 e. The highest BCUT2D eigenvalue weighted by Gasteiger charge is 2.21. The molecule has 1 aliphatic rings. The molecule has 0 saturated heterocycles. The maximum Gasteiger partial charge on any atom is 0.138 e. The van der Waals surface area contributed by atoms with Crippen LogP contribution in [0, 0.1) is 0 Å². The predicted octanol–water partition coefficient (Wildman–Crippen LogP) is 5.03. The zero-order valence-corrected chi connectivity index (χ0v) is 13.6. The molecule has 1 unspecified atom stereocenters. The number of phenolic OH excluding ortho intramolecular Hbond substituents is 1. The van der Waals surface area contributed by atoms with Gasteiger partial charge in [0, 0.05) is 28.1 Å². The molecule has 2 N–H and O–H groups in total. The molecule has 0 aromatic heterocycles. The fraction of sp³-hybridized carbons (Fsp3) is 0.250. The van der Waals surface area contributed by atoms with E-state index >= 15 is 0 Å². The molecule has 0 saturated carbocycles. The van der Waals surface area contributed by atoms with Crippen molar-refractivity contribution >= 4 is 35.0 Å². The number of para-hydroxylation sites is 1. The summed E-state index contributed by atoms with van der Waals surface area (Å²) in [6.45, 7) is 0.577. The smallest absolute Gasteiger partial charge is 0.138 e. The average molecular weight is 340 g/mol. The zero-order valence-electron chi connectivity index (χ0n) is 11.3. The van der Waals surface area contributed by atoms with E-state index in [0.717, 1.165) is 22.8 Å². The quantitative estimate of drug-likeness (QED) is 0.822. The highest BCUT2D eigenvalue weighted by molar-refractivity contribution is 7.99. The van der Waals surface area contributed by atoms with Crippen molar-refractivity contribution in [2.75, 3.05) is 5.75 Å². The number of nitrogens with one attached hydrogen (secondary N) is 1. The van der Waals surface area contributed by atoms with Crippen LogP contribution < -0.4 is 5.32 Å². The van der Waals surface area contributed by atoms with Gasteiger partial charge in [0.1, 0.15) is 5.75 Å². The summed E-state index contributed by atoms with van der Waals surface area (Å²) in [5, 5.41) is 14.6. The van der Waals surface area contributed by atoms with E-state index in [2.05, 4.69) is 11.4 Å². The van der Waals surface area contributed by atoms with Crippen molar-refractivity contribution in [3.63, 3.8) is 0 Å². The summed E-state index contributed by atoms with van der Waals surface area (Å²) < 4.78 is 0. The maximum atomic E-state index is 9.97. The second-order valence-electron chi connectivity index (χ2n) is 5.00. The van der Waals surface area contributed by atoms with E-state index in [1.807, 2.05) is 36.0 Å². The van der Waals surface area contributed by atoms with Gasteiger partial charge in [-0.2, -0.15) is 0 Å². The Bertz CT molecular complexity index is 663. The van der Waals surface area contributed by atoms with E-state index in [9.17, 15) is 5.11 Å². The van der Waals surface area contributed by atoms with E-state index in [4.69, 9.17) is 23.2 Å². The van der Waals surface area contributed by atoms with Crippen molar-refractivity contribution in [3.05, 3.63) is 57.6 Å². The molecular weight excluding hydrogens is 325 g/mol. The van der Waals surface area contributed by atoms with E-state index in [1.165, 1.54) is 10.5 Å². The molecule has 0 radical (unpaired) electrons. The number of fused-ring (bicyclic) bond motifs is 1. The highest BCUT2D eigenvalue weighted by atomic mass is 35.5. The zero-order chi connectivity index (χ0) is 14.8. The second kappa shape index (κ2) is 6.49. The molecule has 2 aromatic rings. The summed E-state index contributed by atoms with van der Waals surface area (Å²) in [4.78, 5) is 1.28. The molecule has 1 heterocycles. The molecule has 0 spiro atoms. The monoisotopic (exact) mass is 339 g/mol. The Morgan fingerprint density at radius 2 is 2.10 bits per heavy atom. The fourth-order valence-corrected chi connectivity index (χ4v) is 3.99. The predicted molar refractivity (Wildman–Crippen MR) is 89.5 cm³/mol. The molecule has 3 rings (SSSR count). The van der Waals surface area contributed by atoms with Gasteiger partial charge in [-0.25, -0.2) is 0 Å². The summed E-state index contributed by atoms with van der Waals surface area (Å²) >= 11 is 13.9. The van der Waals surface area contributed by atoms with Crippen LogP contribution in [0.3, 0.4) is 0 Å². The molecule has 5 heteroatoms. The van der Waals surface area contributed by atoms with Crippen LogP contribution in [0.5, 0.6) is 5.75 Å². The van der Waals surface area contributed by atoms with Crippen molar-refractivity contribution in [1.82, 2.24) is 5.32 Å². The van der Waals surface area contributed by atoms with Crippen LogP contribution in [-0.2, 0) is 6.54 Å². The summed E-state index contributed by atoms with van der Waals surface area (Å²) in [6, 6.07) is 11.7. The Morgan fingerprint density at radius 1 is 1.24 bits per heavy atom. The SMILES string of the molecule is Oc1c(Cl)cccc1CNC1CCSc2ccc(Cl)cc21. The summed E-state index contributed by atoms with van der Waals surface area (Å²) in [5.74, 6) is 1.23. The maximum absolute atomic E-state index is 9.97. The van der Waals surface area contributed by atoms with Gasteiger partial charge in [0.15, 0.2) is 0 Å². The van der Waals surface area contributed by atoms with E-state index in [0.29, 0.717) is 11.6 Å². The Kier molecular flexibility index (Phi) is 4.65. The first-order valence-corrected chi connectivity index (χ1v) is 8.51. The third kappa shape index (κ3) is 3.32. The Labute approximate surface area is 138 Å². The molecule has 0 fully saturated rings. The largest absolute Gasteiger partial charge is 0.506 e. The number of hydrogen-bond donors (Lipinski definition) is 2. The van der Waals surface area contributed by atoms with Crippen LogP contribution in [0.1, 0.15) is 23.6 Å². The Morgan fingerprint density at radius 3 is 2.95 bits per heavy atom. The first-order valence-electron chi connectivity index (χ1n) is 6.77. The van der Waals surface area contributed by atoms with Crippen molar-refractivity contribution in [2.45, 2.75) is 23.9 Å². The van der Waals surface area contributed by atoms with Crippen LogP contribution in [0.2, 0.25) is 10.0 Å². The molecule has 2 aromatic carbocycles. The van der Waals surface area contributed by atoms with E-state index in [1.54, 1.807) is 6.07 Å². The van der Waals surface area contributed by atoms with Crippen molar-refractivity contribution < 1.29 is 5.11 Å². The molecular formula is C16H15Cl2NOS. The Balaban J connectivity index is 1.78. The number of aromatic hydroxyl groups is 1. The number of thioether (sulfide) groups is 1. The van der Waals surface area contributed by atoms with Gasteiger partial charge >= 0.3 is 0 Å². The Hall–Kier alpha value is -0.870. The van der Waals surface area contributed by atoms with Gasteiger partial charge < -0.3 is 10.4 Å². The van der Waals surface area contributed by atoms with E-state index in [-0.39, 0.29) is 11.8 Å². The van der Waals surface area contributed by atoms with Crippen molar-refractivity contribution in [1.29, 1.82) is 0 Å². The third-order valence-corrected chi connectivity index (χ3v) is 5.28. The molecule has 0 aliphatic carbocycles. The number of rotatable bonds is 3. The van der Waals surface area contributed by atoms with Crippen LogP contribution in [0.25, 0.3) is 0 Å². The van der Waals surface area contributed by atoms with Crippen LogP contribution in [-0.4, -0.2) is 10.9 Å². The first-order chi connectivity index (χ1) is 10.1. The van der Waals surface area contributed by atoms with Crippen LogP contribution in [0.15, 0.2) is 41.3 Å². The summed E-state index contributed by atoms with van der Waals surface area (Å²) in [7, 11) is 0. The first kappa shape index (κ1) is 15.0. The van der Waals surface area contributed by atoms with Gasteiger partial charge in [-0.05, 0) is 42.0 Å². The average Bonchev–Trinajstić information content (AvgIpc) is 2.49. The number of benzene rings is 2. The molecule has 2 nitrogen and oxygen atoms in total. The minimum atomic E-state index is 0.156. The van der Waals surface area contributed by atoms with Gasteiger partial charge in [-0.15, -0.1) is 11.8 Å². The fourth-order valence-electron chi connectivity index (χ4n) is 2.51. The minimum absolute atomic E-state index is 0.156. The van der Waals surface area contributed by atoms with Gasteiger partial charge in [-0.3, -0.25) is 0 Å². The molecule has 1 aliphatic heterocycles. The molecule has 1 atom stereocenters. The normalized spacial score (nSPS) is 17.5. The summed E-state index contributed by atoms with van der Waals surface area (Å²) in [5.41, 5.74) is 2.05. The number of hydrogen-bond acceptors (Lipinski definition) is 3. The van der Waals surface area contributed by atoms with E-state index < -0.39 is 0 Å². The lowest BCUT2D eigenvalue weighted by Gasteiger charge is -2.26. The van der Waals surface area contributed by atoms with Gasteiger partial charge in [-0.1, -0.05) is 35.3 Å². The van der Waals surface area contributed by atoms with Gasteiger partial charge in [0.25, 0.3) is 0 Å². The lowest BCUT2D eigenvalue weighted by molar-refractivity contribution is 0.454. The molecule has 0 amide bonds. The molecule has 21 heavy (non-hydrogen) atoms. The molecule has 110 valence electrons. The standard InChI is InChI=1S/C16H15Cl2NOS/c17-11-4-5-15-12(8-11)14(6-7-21-15)19-9-10-2-1-3-13(18)16(10)20/h1-5,8,14,19-20H,6-7,9H2. The number of halogens is 2. The van der Waals surface area contributed by atoms with Crippen LogP contribution in [0.4, 0.5) is 0 Å². The molecule has 0 bridgehead atoms. The topological polar surface area (TPSA) is 32.3 Å². The third-order valence-electron chi connectivity index (χ3n) is 3.62. The van der Waals surface area contributed by atoms with Crippen molar-refractivity contribution in [3.8, 4) is 5.75 Å². The number of phenols is 1. The highest BCUT2D eigenvalue weighted by Crippen LogP contribution is 2.38. The van der Waals surface area contributed by atoms with Gasteiger partial charge in [0.05, 0.1) is 5.02 Å².